The first kappa shape index (κ1) is 22.4. The van der Waals surface area contributed by atoms with Crippen molar-refractivity contribution in [3.05, 3.63) is 65.5 Å². The summed E-state index contributed by atoms with van der Waals surface area (Å²) in [6, 6.07) is 12.3. The van der Waals surface area contributed by atoms with Crippen molar-refractivity contribution in [1.29, 1.82) is 0 Å². The molecule has 156 valence electrons. The molecule has 0 bridgehead atoms. The van der Waals surface area contributed by atoms with E-state index in [1.165, 1.54) is 36.2 Å². The third-order valence-corrected chi connectivity index (χ3v) is 3.94. The highest BCUT2D eigenvalue weighted by atomic mass is 19.1. The maximum atomic E-state index is 13.6. The molecule has 0 saturated heterocycles. The van der Waals surface area contributed by atoms with Crippen LogP contribution in [0.4, 0.5) is 9.18 Å². The van der Waals surface area contributed by atoms with Crippen LogP contribution in [0.2, 0.25) is 0 Å². The minimum Gasteiger partial charge on any atom is -0.444 e. The van der Waals surface area contributed by atoms with Gasteiger partial charge in [-0.25, -0.2) is 9.18 Å². The van der Waals surface area contributed by atoms with E-state index in [-0.39, 0.29) is 24.3 Å². The standard InChI is InChI=1S/C22H26FNO5/c1-22(2,3)29-21(27)24(4)14-19(25)15-9-11-17(12-10-15)28-20(26)13-16-7-5-6-8-18(16)23/h5-12,19,25H,13-14H2,1-4H3. The van der Waals surface area contributed by atoms with Crippen molar-refractivity contribution in [1.82, 2.24) is 4.90 Å². The van der Waals surface area contributed by atoms with E-state index in [1.807, 2.05) is 0 Å². The van der Waals surface area contributed by atoms with Crippen LogP contribution in [0, 0.1) is 5.82 Å². The number of rotatable bonds is 6. The van der Waals surface area contributed by atoms with Gasteiger partial charge in [-0.1, -0.05) is 30.3 Å². The summed E-state index contributed by atoms with van der Waals surface area (Å²) >= 11 is 0. The second-order valence-corrected chi connectivity index (χ2v) is 7.69. The predicted octanol–water partition coefficient (Wildman–Crippen LogP) is 3.87. The summed E-state index contributed by atoms with van der Waals surface area (Å²) in [4.78, 5) is 25.3. The molecule has 1 amide bonds. The van der Waals surface area contributed by atoms with Crippen LogP contribution in [0.5, 0.6) is 5.75 Å². The average Bonchev–Trinajstić information content (AvgIpc) is 2.62. The summed E-state index contributed by atoms with van der Waals surface area (Å²) in [6.07, 6.45) is -1.65. The van der Waals surface area contributed by atoms with Crippen LogP contribution < -0.4 is 4.74 Å². The third-order valence-electron chi connectivity index (χ3n) is 3.94. The average molecular weight is 403 g/mol. The smallest absolute Gasteiger partial charge is 0.410 e. The van der Waals surface area contributed by atoms with Crippen molar-refractivity contribution < 1.29 is 28.6 Å². The zero-order chi connectivity index (χ0) is 21.6. The summed E-state index contributed by atoms with van der Waals surface area (Å²) in [5.41, 5.74) is 0.189. The summed E-state index contributed by atoms with van der Waals surface area (Å²) in [7, 11) is 1.54. The monoisotopic (exact) mass is 403 g/mol. The van der Waals surface area contributed by atoms with E-state index in [0.29, 0.717) is 5.56 Å². The van der Waals surface area contributed by atoms with E-state index in [1.54, 1.807) is 45.0 Å². The number of carbonyl (C=O) groups excluding carboxylic acids is 2. The van der Waals surface area contributed by atoms with Crippen molar-refractivity contribution in [2.75, 3.05) is 13.6 Å². The number of likely N-dealkylation sites (N-methyl/N-ethyl adjacent to an activating group) is 1. The molecule has 0 saturated carbocycles. The molecule has 0 aliphatic heterocycles. The van der Waals surface area contributed by atoms with Gasteiger partial charge < -0.3 is 19.5 Å². The van der Waals surface area contributed by atoms with Crippen LogP contribution in [0.1, 0.15) is 38.0 Å². The second kappa shape index (κ2) is 9.52. The van der Waals surface area contributed by atoms with Gasteiger partial charge in [-0.15, -0.1) is 0 Å². The Bertz CT molecular complexity index is 845. The lowest BCUT2D eigenvalue weighted by molar-refractivity contribution is -0.133. The predicted molar refractivity (Wildman–Crippen MR) is 106 cm³/mol. The Morgan fingerprint density at radius 3 is 2.31 bits per heavy atom. The molecule has 0 spiro atoms. The van der Waals surface area contributed by atoms with Crippen LogP contribution >= 0.6 is 0 Å². The fourth-order valence-corrected chi connectivity index (χ4v) is 2.50. The molecule has 2 aromatic rings. The van der Waals surface area contributed by atoms with Gasteiger partial charge in [0.2, 0.25) is 0 Å². The fourth-order valence-electron chi connectivity index (χ4n) is 2.50. The van der Waals surface area contributed by atoms with Gasteiger partial charge in [0, 0.05) is 7.05 Å². The van der Waals surface area contributed by atoms with E-state index in [2.05, 4.69) is 0 Å². The molecule has 29 heavy (non-hydrogen) atoms. The van der Waals surface area contributed by atoms with Gasteiger partial charge in [0.15, 0.2) is 0 Å². The zero-order valence-corrected chi connectivity index (χ0v) is 17.0. The largest absolute Gasteiger partial charge is 0.444 e. The fraction of sp³-hybridized carbons (Fsp3) is 0.364. The van der Waals surface area contributed by atoms with E-state index < -0.39 is 29.6 Å². The molecule has 0 heterocycles. The lowest BCUT2D eigenvalue weighted by atomic mass is 10.1. The van der Waals surface area contributed by atoms with E-state index in [9.17, 15) is 19.1 Å². The van der Waals surface area contributed by atoms with E-state index in [4.69, 9.17) is 9.47 Å². The number of ether oxygens (including phenoxy) is 2. The van der Waals surface area contributed by atoms with Crippen molar-refractivity contribution >= 4 is 12.1 Å². The number of hydrogen-bond acceptors (Lipinski definition) is 5. The van der Waals surface area contributed by atoms with Crippen LogP contribution in [-0.4, -0.2) is 41.3 Å². The van der Waals surface area contributed by atoms with Crippen molar-refractivity contribution in [2.24, 2.45) is 0 Å². The topological polar surface area (TPSA) is 76.1 Å². The Morgan fingerprint density at radius 2 is 1.72 bits per heavy atom. The van der Waals surface area contributed by atoms with Gasteiger partial charge in [-0.05, 0) is 50.1 Å². The Hall–Kier alpha value is -2.93. The normalized spacial score (nSPS) is 12.2. The number of nitrogens with zero attached hydrogens (tertiary/aromatic N) is 1. The maximum absolute atomic E-state index is 13.6. The number of aliphatic hydroxyl groups is 1. The molecule has 6 nitrogen and oxygen atoms in total. The number of amides is 1. The highest BCUT2D eigenvalue weighted by molar-refractivity contribution is 5.75. The van der Waals surface area contributed by atoms with Crippen molar-refractivity contribution in [3.63, 3.8) is 0 Å². The summed E-state index contributed by atoms with van der Waals surface area (Å²) in [6.45, 7) is 5.34. The third kappa shape index (κ3) is 7.19. The Morgan fingerprint density at radius 1 is 1.10 bits per heavy atom. The summed E-state index contributed by atoms with van der Waals surface area (Å²) in [5.74, 6) is -0.770. The van der Waals surface area contributed by atoms with Crippen LogP contribution in [0.3, 0.4) is 0 Å². The van der Waals surface area contributed by atoms with Gasteiger partial charge in [0.1, 0.15) is 17.2 Å². The number of aliphatic hydroxyl groups excluding tert-OH is 1. The quantitative estimate of drug-likeness (QED) is 0.585. The summed E-state index contributed by atoms with van der Waals surface area (Å²) in [5, 5.41) is 10.3. The number of benzene rings is 2. The maximum Gasteiger partial charge on any atom is 0.410 e. The van der Waals surface area contributed by atoms with Crippen molar-refractivity contribution in [3.8, 4) is 5.75 Å². The molecule has 1 unspecified atom stereocenters. The molecule has 7 heteroatoms. The van der Waals surface area contributed by atoms with Crippen LogP contribution in [0.15, 0.2) is 48.5 Å². The van der Waals surface area contributed by atoms with Crippen molar-refractivity contribution in [2.45, 2.75) is 38.9 Å². The Kier molecular flexibility index (Phi) is 7.34. The lowest BCUT2D eigenvalue weighted by Crippen LogP contribution is -2.36. The zero-order valence-electron chi connectivity index (χ0n) is 17.0. The van der Waals surface area contributed by atoms with Gasteiger partial charge in [-0.2, -0.15) is 0 Å². The number of halogens is 1. The minimum absolute atomic E-state index is 0.0430. The Balaban J connectivity index is 1.91. The van der Waals surface area contributed by atoms with Gasteiger partial charge in [0.05, 0.1) is 19.1 Å². The van der Waals surface area contributed by atoms with Crippen LogP contribution in [0.25, 0.3) is 0 Å². The van der Waals surface area contributed by atoms with Gasteiger partial charge in [0.25, 0.3) is 0 Å². The molecular weight excluding hydrogens is 377 g/mol. The second-order valence-electron chi connectivity index (χ2n) is 7.69. The highest BCUT2D eigenvalue weighted by Gasteiger charge is 2.22. The molecule has 0 aromatic heterocycles. The molecule has 2 aromatic carbocycles. The number of esters is 1. The SMILES string of the molecule is CN(CC(O)c1ccc(OC(=O)Cc2ccccc2F)cc1)C(=O)OC(C)(C)C. The van der Waals surface area contributed by atoms with Gasteiger partial charge >= 0.3 is 12.1 Å². The first-order valence-corrected chi connectivity index (χ1v) is 9.21. The molecule has 2 rings (SSSR count). The Labute approximate surface area is 169 Å². The van der Waals surface area contributed by atoms with Gasteiger partial charge in [-0.3, -0.25) is 4.79 Å². The molecule has 1 atom stereocenters. The number of hydrogen-bond donors (Lipinski definition) is 1. The molecule has 0 aliphatic rings. The molecule has 0 fully saturated rings. The highest BCUT2D eigenvalue weighted by Crippen LogP contribution is 2.20. The lowest BCUT2D eigenvalue weighted by Gasteiger charge is -2.26. The first-order chi connectivity index (χ1) is 13.5. The van der Waals surface area contributed by atoms with Crippen LogP contribution in [-0.2, 0) is 16.0 Å². The molecule has 0 radical (unpaired) electrons. The van der Waals surface area contributed by atoms with E-state index >= 15 is 0 Å². The van der Waals surface area contributed by atoms with E-state index in [0.717, 1.165) is 0 Å². The molecular formula is C22H26FNO5. The first-order valence-electron chi connectivity index (χ1n) is 9.21. The molecule has 1 N–H and O–H groups in total. The molecule has 0 aliphatic carbocycles. The summed E-state index contributed by atoms with van der Waals surface area (Å²) < 4.78 is 24.1. The number of carbonyl (C=O) groups is 2. The minimum atomic E-state index is -0.935.